The number of amides is 11. The monoisotopic (exact) mass is 1250 g/mol. The summed E-state index contributed by atoms with van der Waals surface area (Å²) in [5.74, 6) is -11.6. The van der Waals surface area contributed by atoms with Gasteiger partial charge in [0.15, 0.2) is 11.9 Å². The summed E-state index contributed by atoms with van der Waals surface area (Å²) >= 11 is 4.21. The van der Waals surface area contributed by atoms with Gasteiger partial charge in [0, 0.05) is 44.9 Å². The molecule has 0 spiro atoms. The summed E-state index contributed by atoms with van der Waals surface area (Å²) in [6, 6.07) is -14.2. The number of carbonyl (C=O) groups excluding carboxylic acids is 11. The van der Waals surface area contributed by atoms with Gasteiger partial charge in [0.1, 0.15) is 60.4 Å². The minimum absolute atomic E-state index is 0.00158. The van der Waals surface area contributed by atoms with Crippen molar-refractivity contribution in [1.82, 2.24) is 57.2 Å². The molecule has 4 aliphatic rings. The van der Waals surface area contributed by atoms with Crippen LogP contribution in [-0.2, 0) is 57.5 Å². The number of hydrogen-bond acceptors (Lipinski definition) is 18. The number of aliphatic carboxylic acids is 1. The molecule has 0 aromatic heterocycles. The zero-order chi connectivity index (χ0) is 64.7. The summed E-state index contributed by atoms with van der Waals surface area (Å²) in [5.41, 5.74) is 27.1. The van der Waals surface area contributed by atoms with E-state index in [2.05, 4.69) is 65.1 Å². The highest BCUT2D eigenvalue weighted by molar-refractivity contribution is 7.80. The van der Waals surface area contributed by atoms with Crippen molar-refractivity contribution in [3.05, 3.63) is 0 Å². The van der Waals surface area contributed by atoms with Crippen LogP contribution in [0.15, 0.2) is 9.98 Å². The molecule has 4 aliphatic heterocycles. The summed E-state index contributed by atoms with van der Waals surface area (Å²) in [5, 5.41) is 51.7. The van der Waals surface area contributed by atoms with Crippen molar-refractivity contribution in [2.24, 2.45) is 44.6 Å². The molecule has 0 radical (unpaired) electrons. The summed E-state index contributed by atoms with van der Waals surface area (Å²) in [7, 11) is 0. The number of carbonyl (C=O) groups is 12. The molecule has 0 unspecified atom stereocenters. The molecule has 11 amide bonds. The second kappa shape index (κ2) is 35.3. The summed E-state index contributed by atoms with van der Waals surface area (Å²) < 4.78 is 0. The maximum Gasteiger partial charge on any atom is 0.326 e. The van der Waals surface area contributed by atoms with Crippen LogP contribution in [0.4, 0.5) is 0 Å². The zero-order valence-electron chi connectivity index (χ0n) is 49.6. The first-order chi connectivity index (χ1) is 41.2. The largest absolute Gasteiger partial charge is 0.480 e. The second-order valence-corrected chi connectivity index (χ2v) is 22.6. The minimum Gasteiger partial charge on any atom is -0.480 e. The van der Waals surface area contributed by atoms with Crippen molar-refractivity contribution in [3.63, 3.8) is 0 Å². The van der Waals surface area contributed by atoms with Crippen molar-refractivity contribution >= 4 is 95.5 Å². The number of aliphatic imine (C=N–C) groups is 2. The SMILES string of the molecule is CC[C@H](C)[C@H](NC(=O)[C@H](CO)NC(=O)[C@H](CCCN=C(N)N)NC(=O)[C@@H](NC(=O)[C@H](CS)NC(=O)[C@H](CCC(N)=O)NC(=O)[C@@H]1CCCN1C(=O)[C@@H]1CCCN1)[C@@H](C)O)C(=O)N1CCC[C@H]1C(=O)N1CCC[C@H]1C(=O)N[C@@H](CCCN=C(N)N)C(=O)O. The van der Waals surface area contributed by atoms with Crippen LogP contribution < -0.4 is 71.2 Å². The third-order valence-electron chi connectivity index (χ3n) is 15.8. The molecule has 87 heavy (non-hydrogen) atoms. The molecule has 0 saturated carbocycles. The fourth-order valence-electron chi connectivity index (χ4n) is 10.8. The Morgan fingerprint density at radius 3 is 1.54 bits per heavy atom. The smallest absolute Gasteiger partial charge is 0.326 e. The van der Waals surface area contributed by atoms with Crippen molar-refractivity contribution in [1.29, 1.82) is 0 Å². The van der Waals surface area contributed by atoms with E-state index < -0.39 is 156 Å². The Balaban J connectivity index is 1.46. The van der Waals surface area contributed by atoms with Gasteiger partial charge in [0.25, 0.3) is 0 Å². The van der Waals surface area contributed by atoms with Crippen LogP contribution in [0.2, 0.25) is 0 Å². The predicted octanol–water partition coefficient (Wildman–Crippen LogP) is -7.09. The number of aliphatic hydroxyl groups excluding tert-OH is 2. The first-order valence-corrected chi connectivity index (χ1v) is 30.2. The van der Waals surface area contributed by atoms with Gasteiger partial charge in [-0.25, -0.2) is 4.79 Å². The standard InChI is InChI=1S/C53H90N18O15S/c1-4-27(2)39(50(84)71-24-10-16-37(71)49(83)70-23-9-15-36(70)46(80)64-32(51(85)86)13-7-21-61-53(57)58)67-43(77)33(25-72)65-41(75)29(11-5-20-60-52(55)56)63-47(81)40(28(3)73)68-44(78)34(26-87)66-42(76)30(17-18-38(54)74)62-45(79)35-14-8-22-69(35)48(82)31-12-6-19-59-31/h27-37,39-40,59,72-73,87H,4-26H2,1-3H3,(H2,54,74)(H,62,79)(H,63,81)(H,64,80)(H,65,75)(H,66,76)(H,67,77)(H,68,78)(H,85,86)(H4,55,56,60)(H4,57,58,61)/t27-,28+,29-,30-,31-,32-,33-,34-,35-,36-,37-,39-,40-/m0/s1. The molecule has 488 valence electrons. The first kappa shape index (κ1) is 71.9. The maximum absolute atomic E-state index is 14.5. The lowest BCUT2D eigenvalue weighted by molar-refractivity contribution is -0.149. The lowest BCUT2D eigenvalue weighted by Crippen LogP contribution is -2.62. The number of thiol groups is 1. The number of likely N-dealkylation sites (tertiary alicyclic amines) is 3. The molecule has 34 heteroatoms. The predicted molar refractivity (Wildman–Crippen MR) is 317 cm³/mol. The van der Waals surface area contributed by atoms with Crippen LogP contribution in [0.3, 0.4) is 0 Å². The van der Waals surface area contributed by atoms with Crippen LogP contribution in [-0.4, -0.2) is 237 Å². The summed E-state index contributed by atoms with van der Waals surface area (Å²) in [6.45, 7) is 4.82. The normalized spacial score (nSPS) is 21.2. The minimum atomic E-state index is -1.83. The average Bonchev–Trinajstić information content (AvgIpc) is 2.32. The van der Waals surface area contributed by atoms with Gasteiger partial charge in [-0.3, -0.25) is 62.7 Å². The lowest BCUT2D eigenvalue weighted by Gasteiger charge is -2.35. The molecular weight excluding hydrogens is 1160 g/mol. The molecule has 4 fully saturated rings. The van der Waals surface area contributed by atoms with Gasteiger partial charge in [-0.05, 0) is 103 Å². The van der Waals surface area contributed by atoms with Crippen molar-refractivity contribution < 1.29 is 72.9 Å². The Morgan fingerprint density at radius 2 is 1.05 bits per heavy atom. The van der Waals surface area contributed by atoms with Crippen molar-refractivity contribution in [3.8, 4) is 0 Å². The molecule has 0 aromatic carbocycles. The van der Waals surface area contributed by atoms with E-state index in [1.54, 1.807) is 13.8 Å². The van der Waals surface area contributed by atoms with Crippen molar-refractivity contribution in [2.45, 2.75) is 190 Å². The highest BCUT2D eigenvalue weighted by Crippen LogP contribution is 2.28. The number of nitrogens with zero attached hydrogens (tertiary/aromatic N) is 5. The van der Waals surface area contributed by atoms with E-state index in [0.717, 1.165) is 13.3 Å². The van der Waals surface area contributed by atoms with Gasteiger partial charge in [-0.2, -0.15) is 12.6 Å². The van der Waals surface area contributed by atoms with Crippen LogP contribution in [0, 0.1) is 5.92 Å². The number of guanidine groups is 2. The van der Waals surface area contributed by atoms with Crippen LogP contribution in [0.5, 0.6) is 0 Å². The van der Waals surface area contributed by atoms with E-state index in [1.165, 1.54) is 14.7 Å². The third-order valence-corrected chi connectivity index (χ3v) is 16.1. The maximum atomic E-state index is 14.5. The van der Waals surface area contributed by atoms with E-state index in [1.807, 2.05) is 0 Å². The number of primary amides is 1. The first-order valence-electron chi connectivity index (χ1n) is 29.5. The van der Waals surface area contributed by atoms with Gasteiger partial charge in [0.05, 0.1) is 18.8 Å². The highest BCUT2D eigenvalue weighted by Gasteiger charge is 2.46. The number of nitrogens with one attached hydrogen (secondary N) is 8. The Labute approximate surface area is 509 Å². The quantitative estimate of drug-likeness (QED) is 0.0123. The fourth-order valence-corrected chi connectivity index (χ4v) is 11.0. The Morgan fingerprint density at radius 1 is 0.575 bits per heavy atom. The molecule has 33 nitrogen and oxygen atoms in total. The zero-order valence-corrected chi connectivity index (χ0v) is 50.5. The number of nitrogens with two attached hydrogens (primary N) is 5. The summed E-state index contributed by atoms with van der Waals surface area (Å²) in [4.78, 5) is 175. The molecular formula is C53H90N18O15S. The van der Waals surface area contributed by atoms with Crippen LogP contribution in [0.25, 0.3) is 0 Å². The number of rotatable bonds is 34. The molecule has 4 heterocycles. The molecule has 21 N–H and O–H groups in total. The van der Waals surface area contributed by atoms with E-state index in [-0.39, 0.29) is 95.4 Å². The molecule has 13 atom stereocenters. The van der Waals surface area contributed by atoms with E-state index >= 15 is 0 Å². The molecule has 0 aliphatic carbocycles. The lowest BCUT2D eigenvalue weighted by atomic mass is 9.96. The summed E-state index contributed by atoms with van der Waals surface area (Å²) in [6.07, 6.45) is 1.50. The Kier molecular flexibility index (Phi) is 29.1. The number of carboxylic acids is 1. The second-order valence-electron chi connectivity index (χ2n) is 22.2. The van der Waals surface area contributed by atoms with Gasteiger partial charge >= 0.3 is 5.97 Å². The number of aliphatic hydroxyl groups is 2. The number of hydrogen-bond donors (Lipinski definition) is 17. The van der Waals surface area contributed by atoms with Gasteiger partial charge < -0.3 is 101 Å². The molecule has 0 aromatic rings. The molecule has 4 saturated heterocycles. The topological polar surface area (TPSA) is 526 Å². The fraction of sp³-hybridized carbons (Fsp3) is 0.736. The third kappa shape index (κ3) is 21.4. The Bertz CT molecular complexity index is 2510. The van der Waals surface area contributed by atoms with E-state index in [0.29, 0.717) is 51.6 Å². The highest BCUT2D eigenvalue weighted by atomic mass is 32.1. The van der Waals surface area contributed by atoms with Gasteiger partial charge in [0.2, 0.25) is 65.0 Å². The molecule has 0 bridgehead atoms. The van der Waals surface area contributed by atoms with E-state index in [9.17, 15) is 72.9 Å². The average molecular weight is 1250 g/mol. The number of carboxylic acid groups (broad SMARTS) is 1. The van der Waals surface area contributed by atoms with Gasteiger partial charge in [-0.15, -0.1) is 0 Å². The van der Waals surface area contributed by atoms with Crippen molar-refractivity contribution in [2.75, 3.05) is 51.6 Å². The van der Waals surface area contributed by atoms with Crippen LogP contribution in [0.1, 0.15) is 117 Å². The Hall–Kier alpha value is -7.59. The van der Waals surface area contributed by atoms with Crippen LogP contribution >= 0.6 is 12.6 Å². The van der Waals surface area contributed by atoms with Gasteiger partial charge in [-0.1, -0.05) is 20.3 Å². The van der Waals surface area contributed by atoms with E-state index in [4.69, 9.17) is 28.7 Å². The molecule has 4 rings (SSSR count).